The smallest absolute Gasteiger partial charge is 0.303 e. The van der Waals surface area contributed by atoms with Crippen LogP contribution in [0.4, 0.5) is 0 Å². The number of rotatable bonds is 5. The summed E-state index contributed by atoms with van der Waals surface area (Å²) in [5.41, 5.74) is 1.04. The molecular weight excluding hydrogens is 218 g/mol. The van der Waals surface area contributed by atoms with Crippen molar-refractivity contribution in [1.29, 1.82) is 0 Å². The standard InChI is InChI=1S/C13H17NO3/c1-10(11-6-4-3-5-7-11)14(2)12(15)8-9-13(16)17/h3-7,10H,8-9H2,1-2H3,(H,16,17)/t10-/m1/s1. The molecule has 1 rings (SSSR count). The normalized spacial score (nSPS) is 11.9. The Labute approximate surface area is 101 Å². The molecule has 0 unspecified atom stereocenters. The third-order valence-corrected chi connectivity index (χ3v) is 2.81. The lowest BCUT2D eigenvalue weighted by molar-refractivity contribution is -0.141. The van der Waals surface area contributed by atoms with Crippen molar-refractivity contribution < 1.29 is 14.7 Å². The highest BCUT2D eigenvalue weighted by atomic mass is 16.4. The van der Waals surface area contributed by atoms with Gasteiger partial charge in [0.15, 0.2) is 0 Å². The molecule has 0 aliphatic heterocycles. The van der Waals surface area contributed by atoms with Crippen molar-refractivity contribution in [3.05, 3.63) is 35.9 Å². The second-order valence-electron chi connectivity index (χ2n) is 3.99. The molecule has 4 heteroatoms. The van der Waals surface area contributed by atoms with Crippen molar-refractivity contribution in [2.24, 2.45) is 0 Å². The average molecular weight is 235 g/mol. The van der Waals surface area contributed by atoms with Crippen LogP contribution in [0.2, 0.25) is 0 Å². The number of hydrogen-bond donors (Lipinski definition) is 1. The Hall–Kier alpha value is -1.84. The van der Waals surface area contributed by atoms with Crippen LogP contribution in [-0.4, -0.2) is 28.9 Å². The molecule has 0 aliphatic rings. The van der Waals surface area contributed by atoms with E-state index in [1.807, 2.05) is 37.3 Å². The monoisotopic (exact) mass is 235 g/mol. The Bertz CT molecular complexity index is 389. The van der Waals surface area contributed by atoms with Gasteiger partial charge in [-0.15, -0.1) is 0 Å². The third kappa shape index (κ3) is 3.90. The molecule has 1 atom stereocenters. The summed E-state index contributed by atoms with van der Waals surface area (Å²) >= 11 is 0. The van der Waals surface area contributed by atoms with E-state index in [0.717, 1.165) is 5.56 Å². The molecule has 92 valence electrons. The zero-order valence-electron chi connectivity index (χ0n) is 10.1. The Balaban J connectivity index is 2.60. The van der Waals surface area contributed by atoms with Crippen molar-refractivity contribution in [1.82, 2.24) is 4.90 Å². The van der Waals surface area contributed by atoms with Crippen LogP contribution in [0.25, 0.3) is 0 Å². The molecule has 1 aromatic carbocycles. The van der Waals surface area contributed by atoms with E-state index < -0.39 is 5.97 Å². The van der Waals surface area contributed by atoms with Crippen LogP contribution in [0.1, 0.15) is 31.4 Å². The summed E-state index contributed by atoms with van der Waals surface area (Å²) in [6.45, 7) is 1.92. The number of aliphatic carboxylic acids is 1. The summed E-state index contributed by atoms with van der Waals surface area (Å²) in [6, 6.07) is 9.61. The van der Waals surface area contributed by atoms with Crippen molar-refractivity contribution in [2.75, 3.05) is 7.05 Å². The number of hydrogen-bond acceptors (Lipinski definition) is 2. The van der Waals surface area contributed by atoms with E-state index in [1.54, 1.807) is 11.9 Å². The molecule has 1 N–H and O–H groups in total. The zero-order chi connectivity index (χ0) is 12.8. The molecule has 0 saturated heterocycles. The summed E-state index contributed by atoms with van der Waals surface area (Å²) < 4.78 is 0. The first-order valence-corrected chi connectivity index (χ1v) is 5.54. The lowest BCUT2D eigenvalue weighted by Crippen LogP contribution is -2.29. The van der Waals surface area contributed by atoms with E-state index in [0.29, 0.717) is 0 Å². The van der Waals surface area contributed by atoms with Crippen LogP contribution in [0.5, 0.6) is 0 Å². The van der Waals surface area contributed by atoms with Gasteiger partial charge in [-0.3, -0.25) is 9.59 Å². The molecule has 0 saturated carbocycles. The van der Waals surface area contributed by atoms with Gasteiger partial charge in [-0.05, 0) is 12.5 Å². The zero-order valence-corrected chi connectivity index (χ0v) is 10.1. The summed E-state index contributed by atoms with van der Waals surface area (Å²) in [5, 5.41) is 8.53. The van der Waals surface area contributed by atoms with E-state index in [1.165, 1.54) is 0 Å². The lowest BCUT2D eigenvalue weighted by Gasteiger charge is -2.25. The van der Waals surface area contributed by atoms with Crippen molar-refractivity contribution in [3.63, 3.8) is 0 Å². The summed E-state index contributed by atoms with van der Waals surface area (Å²) in [7, 11) is 1.70. The van der Waals surface area contributed by atoms with Crippen molar-refractivity contribution in [2.45, 2.75) is 25.8 Å². The fourth-order valence-electron chi connectivity index (χ4n) is 1.56. The first kappa shape index (κ1) is 13.2. The first-order chi connectivity index (χ1) is 8.02. The van der Waals surface area contributed by atoms with Crippen LogP contribution in [0.15, 0.2) is 30.3 Å². The van der Waals surface area contributed by atoms with Crippen LogP contribution in [-0.2, 0) is 9.59 Å². The maximum atomic E-state index is 11.7. The number of carbonyl (C=O) groups is 2. The fraction of sp³-hybridized carbons (Fsp3) is 0.385. The second kappa shape index (κ2) is 6.03. The number of benzene rings is 1. The van der Waals surface area contributed by atoms with Gasteiger partial charge < -0.3 is 10.0 Å². The van der Waals surface area contributed by atoms with Crippen LogP contribution in [0, 0.1) is 0 Å². The minimum absolute atomic E-state index is 0.0440. The van der Waals surface area contributed by atoms with Crippen LogP contribution in [0.3, 0.4) is 0 Å². The Kier molecular flexibility index (Phi) is 4.69. The van der Waals surface area contributed by atoms with Gasteiger partial charge >= 0.3 is 5.97 Å². The molecule has 0 bridgehead atoms. The van der Waals surface area contributed by atoms with Gasteiger partial charge in [-0.25, -0.2) is 0 Å². The quantitative estimate of drug-likeness (QED) is 0.850. The average Bonchev–Trinajstić information content (AvgIpc) is 2.35. The van der Waals surface area contributed by atoms with E-state index in [9.17, 15) is 9.59 Å². The topological polar surface area (TPSA) is 57.6 Å². The molecule has 17 heavy (non-hydrogen) atoms. The number of carboxylic acids is 1. The van der Waals surface area contributed by atoms with Gasteiger partial charge in [0.2, 0.25) is 5.91 Å². The highest BCUT2D eigenvalue weighted by Crippen LogP contribution is 2.18. The Morgan fingerprint density at radius 1 is 1.24 bits per heavy atom. The van der Waals surface area contributed by atoms with E-state index in [-0.39, 0.29) is 24.8 Å². The van der Waals surface area contributed by atoms with Crippen molar-refractivity contribution in [3.8, 4) is 0 Å². The second-order valence-corrected chi connectivity index (χ2v) is 3.99. The Morgan fingerprint density at radius 2 is 1.82 bits per heavy atom. The first-order valence-electron chi connectivity index (χ1n) is 5.54. The molecule has 0 fully saturated rings. The van der Waals surface area contributed by atoms with E-state index >= 15 is 0 Å². The van der Waals surface area contributed by atoms with Gasteiger partial charge in [0.25, 0.3) is 0 Å². The largest absolute Gasteiger partial charge is 0.481 e. The molecular formula is C13H17NO3. The van der Waals surface area contributed by atoms with Crippen molar-refractivity contribution >= 4 is 11.9 Å². The van der Waals surface area contributed by atoms with Gasteiger partial charge in [0.1, 0.15) is 0 Å². The summed E-state index contributed by atoms with van der Waals surface area (Å²) in [5.74, 6) is -1.09. The number of amides is 1. The number of nitrogens with zero attached hydrogens (tertiary/aromatic N) is 1. The van der Waals surface area contributed by atoms with E-state index in [4.69, 9.17) is 5.11 Å². The molecule has 1 amide bonds. The highest BCUT2D eigenvalue weighted by molar-refractivity contribution is 5.80. The van der Waals surface area contributed by atoms with Gasteiger partial charge in [-0.2, -0.15) is 0 Å². The number of carboxylic acid groups (broad SMARTS) is 1. The predicted molar refractivity (Wildman–Crippen MR) is 64.5 cm³/mol. The number of carbonyl (C=O) groups excluding carboxylic acids is 1. The highest BCUT2D eigenvalue weighted by Gasteiger charge is 2.17. The van der Waals surface area contributed by atoms with Gasteiger partial charge in [0.05, 0.1) is 12.5 Å². The molecule has 4 nitrogen and oxygen atoms in total. The minimum atomic E-state index is -0.945. The summed E-state index contributed by atoms with van der Waals surface area (Å²) in [4.78, 5) is 23.7. The minimum Gasteiger partial charge on any atom is -0.481 e. The lowest BCUT2D eigenvalue weighted by atomic mass is 10.1. The molecule has 0 spiro atoms. The maximum absolute atomic E-state index is 11.7. The molecule has 0 heterocycles. The van der Waals surface area contributed by atoms with Crippen LogP contribution >= 0.6 is 0 Å². The van der Waals surface area contributed by atoms with Crippen LogP contribution < -0.4 is 0 Å². The van der Waals surface area contributed by atoms with E-state index in [2.05, 4.69) is 0 Å². The predicted octanol–water partition coefficient (Wildman–Crippen LogP) is 2.07. The molecule has 0 aliphatic carbocycles. The summed E-state index contributed by atoms with van der Waals surface area (Å²) in [6.07, 6.45) is -0.0757. The van der Waals surface area contributed by atoms with Gasteiger partial charge in [-0.1, -0.05) is 30.3 Å². The maximum Gasteiger partial charge on any atom is 0.303 e. The Morgan fingerprint density at radius 3 is 2.35 bits per heavy atom. The molecule has 0 aromatic heterocycles. The molecule has 1 aromatic rings. The van der Waals surface area contributed by atoms with Gasteiger partial charge in [0, 0.05) is 13.5 Å². The molecule has 0 radical (unpaired) electrons. The third-order valence-electron chi connectivity index (χ3n) is 2.81. The SMILES string of the molecule is C[C@H](c1ccccc1)N(C)C(=O)CCC(=O)O. The fourth-order valence-corrected chi connectivity index (χ4v) is 1.56.